The summed E-state index contributed by atoms with van der Waals surface area (Å²) in [4.78, 5) is 15.8. The third kappa shape index (κ3) is 4.35. The minimum Gasteiger partial charge on any atom is -0.383 e. The highest BCUT2D eigenvalue weighted by Gasteiger charge is 2.31. The largest absolute Gasteiger partial charge is 0.383 e. The van der Waals surface area contributed by atoms with E-state index < -0.39 is 0 Å². The summed E-state index contributed by atoms with van der Waals surface area (Å²) in [7, 11) is 1.67. The summed E-state index contributed by atoms with van der Waals surface area (Å²) in [6.45, 7) is 3.09. The molecule has 28 heavy (non-hydrogen) atoms. The standard InChI is InChI=1S/C20H24N6O2/c1-27-12-10-23-18-13-15(7-9-22-18)19-24-20(28-25-19)17-6-4-11-26(17)14-16-5-2-3-8-21-16/h2-3,5,7-9,13,17H,4,6,10-12,14H2,1H3,(H,22,23). The lowest BCUT2D eigenvalue weighted by atomic mass is 10.2. The topological polar surface area (TPSA) is 89.2 Å². The average molecular weight is 380 g/mol. The van der Waals surface area contributed by atoms with Crippen molar-refractivity contribution in [2.75, 3.05) is 32.1 Å². The summed E-state index contributed by atoms with van der Waals surface area (Å²) in [5, 5.41) is 7.42. The Morgan fingerprint density at radius 1 is 1.25 bits per heavy atom. The fraction of sp³-hybridized carbons (Fsp3) is 0.400. The lowest BCUT2D eigenvalue weighted by Crippen LogP contribution is -2.23. The summed E-state index contributed by atoms with van der Waals surface area (Å²) in [5.41, 5.74) is 1.93. The van der Waals surface area contributed by atoms with Gasteiger partial charge >= 0.3 is 0 Å². The molecule has 8 nitrogen and oxygen atoms in total. The first kappa shape index (κ1) is 18.5. The fourth-order valence-corrected chi connectivity index (χ4v) is 3.43. The molecule has 0 aliphatic carbocycles. The van der Waals surface area contributed by atoms with Crippen molar-refractivity contribution in [1.29, 1.82) is 0 Å². The van der Waals surface area contributed by atoms with Gasteiger partial charge in [-0.25, -0.2) is 4.98 Å². The van der Waals surface area contributed by atoms with E-state index in [1.165, 1.54) is 0 Å². The minimum absolute atomic E-state index is 0.129. The summed E-state index contributed by atoms with van der Waals surface area (Å²) in [5.74, 6) is 2.00. The summed E-state index contributed by atoms with van der Waals surface area (Å²) in [6.07, 6.45) is 5.68. The van der Waals surface area contributed by atoms with Crippen molar-refractivity contribution in [2.45, 2.75) is 25.4 Å². The Bertz CT molecular complexity index is 885. The van der Waals surface area contributed by atoms with Crippen molar-refractivity contribution < 1.29 is 9.26 Å². The van der Waals surface area contributed by atoms with Gasteiger partial charge < -0.3 is 14.6 Å². The van der Waals surface area contributed by atoms with Gasteiger partial charge in [0.2, 0.25) is 11.7 Å². The second kappa shape index (κ2) is 8.90. The molecule has 3 aromatic rings. The van der Waals surface area contributed by atoms with Crippen LogP contribution < -0.4 is 5.32 Å². The quantitative estimate of drug-likeness (QED) is 0.597. The highest BCUT2D eigenvalue weighted by molar-refractivity contribution is 5.58. The van der Waals surface area contributed by atoms with Gasteiger partial charge in [-0.1, -0.05) is 11.2 Å². The van der Waals surface area contributed by atoms with Gasteiger partial charge in [0.05, 0.1) is 18.3 Å². The smallest absolute Gasteiger partial charge is 0.244 e. The van der Waals surface area contributed by atoms with Crippen LogP contribution in [0.3, 0.4) is 0 Å². The van der Waals surface area contributed by atoms with Crippen molar-refractivity contribution in [3.05, 3.63) is 54.3 Å². The van der Waals surface area contributed by atoms with Crippen molar-refractivity contribution in [1.82, 2.24) is 25.0 Å². The summed E-state index contributed by atoms with van der Waals surface area (Å²) in [6, 6.07) is 9.93. The Kier molecular flexibility index (Phi) is 5.89. The molecule has 0 bridgehead atoms. The average Bonchev–Trinajstić information content (AvgIpc) is 3.39. The SMILES string of the molecule is COCCNc1cc(-c2noc(C3CCCN3Cc3ccccn3)n2)ccn1. The van der Waals surface area contributed by atoms with Gasteiger partial charge in [-0.3, -0.25) is 9.88 Å². The van der Waals surface area contributed by atoms with Crippen molar-refractivity contribution in [3.8, 4) is 11.4 Å². The number of pyridine rings is 2. The molecule has 0 amide bonds. The van der Waals surface area contributed by atoms with Crippen molar-refractivity contribution in [3.63, 3.8) is 0 Å². The predicted molar refractivity (Wildman–Crippen MR) is 105 cm³/mol. The van der Waals surface area contributed by atoms with Crippen LogP contribution in [-0.2, 0) is 11.3 Å². The van der Waals surface area contributed by atoms with Crippen LogP contribution in [0, 0.1) is 0 Å². The van der Waals surface area contributed by atoms with Gasteiger partial charge in [0.25, 0.3) is 0 Å². The second-order valence-electron chi connectivity index (χ2n) is 6.76. The molecule has 1 saturated heterocycles. The van der Waals surface area contributed by atoms with Crippen LogP contribution in [-0.4, -0.2) is 51.8 Å². The molecule has 1 fully saturated rings. The molecule has 0 radical (unpaired) electrons. The third-order valence-electron chi connectivity index (χ3n) is 4.81. The normalized spacial score (nSPS) is 17.1. The lowest BCUT2D eigenvalue weighted by molar-refractivity contribution is 0.199. The Labute approximate surface area is 164 Å². The maximum atomic E-state index is 5.63. The van der Waals surface area contributed by atoms with Crippen LogP contribution in [0.2, 0.25) is 0 Å². The molecular formula is C20H24N6O2. The molecule has 3 aromatic heterocycles. The third-order valence-corrected chi connectivity index (χ3v) is 4.81. The number of hydrogen-bond donors (Lipinski definition) is 1. The van der Waals surface area contributed by atoms with E-state index in [4.69, 9.17) is 9.26 Å². The van der Waals surface area contributed by atoms with Crippen molar-refractivity contribution in [2.24, 2.45) is 0 Å². The molecule has 1 aliphatic rings. The van der Waals surface area contributed by atoms with Crippen LogP contribution in [0.1, 0.15) is 30.5 Å². The minimum atomic E-state index is 0.129. The first-order valence-electron chi connectivity index (χ1n) is 9.50. The number of ether oxygens (including phenoxy) is 1. The Balaban J connectivity index is 1.47. The maximum Gasteiger partial charge on any atom is 0.244 e. The number of nitrogens with one attached hydrogen (secondary N) is 1. The van der Waals surface area contributed by atoms with Crippen LogP contribution in [0.5, 0.6) is 0 Å². The van der Waals surface area contributed by atoms with E-state index in [9.17, 15) is 0 Å². The molecular weight excluding hydrogens is 356 g/mol. The predicted octanol–water partition coefficient (Wildman–Crippen LogP) is 2.92. The number of aromatic nitrogens is 4. The fourth-order valence-electron chi connectivity index (χ4n) is 3.43. The van der Waals surface area contributed by atoms with E-state index in [1.54, 1.807) is 13.3 Å². The first-order chi connectivity index (χ1) is 13.8. The molecule has 1 aliphatic heterocycles. The lowest BCUT2D eigenvalue weighted by Gasteiger charge is -2.20. The van der Waals surface area contributed by atoms with Crippen LogP contribution >= 0.6 is 0 Å². The highest BCUT2D eigenvalue weighted by atomic mass is 16.5. The molecule has 4 heterocycles. The Morgan fingerprint density at radius 3 is 3.07 bits per heavy atom. The molecule has 0 saturated carbocycles. The zero-order chi connectivity index (χ0) is 19.2. The van der Waals surface area contributed by atoms with Gasteiger partial charge in [-0.15, -0.1) is 0 Å². The maximum absolute atomic E-state index is 5.63. The number of likely N-dealkylation sites (tertiary alicyclic amines) is 1. The Hall–Kier alpha value is -2.84. The van der Waals surface area contributed by atoms with Crippen LogP contribution in [0.15, 0.2) is 47.2 Å². The monoisotopic (exact) mass is 380 g/mol. The zero-order valence-electron chi connectivity index (χ0n) is 15.9. The molecule has 146 valence electrons. The highest BCUT2D eigenvalue weighted by Crippen LogP contribution is 2.33. The number of anilines is 1. The van der Waals surface area contributed by atoms with Crippen LogP contribution in [0.25, 0.3) is 11.4 Å². The van der Waals surface area contributed by atoms with Crippen LogP contribution in [0.4, 0.5) is 5.82 Å². The first-order valence-corrected chi connectivity index (χ1v) is 9.50. The molecule has 0 aromatic carbocycles. The number of methoxy groups -OCH3 is 1. The second-order valence-corrected chi connectivity index (χ2v) is 6.76. The zero-order valence-corrected chi connectivity index (χ0v) is 15.9. The van der Waals surface area contributed by atoms with E-state index >= 15 is 0 Å². The van der Waals surface area contributed by atoms with E-state index in [-0.39, 0.29) is 6.04 Å². The van der Waals surface area contributed by atoms with Crippen molar-refractivity contribution >= 4 is 5.82 Å². The molecule has 0 spiro atoms. The van der Waals surface area contributed by atoms with Gasteiger partial charge in [0.1, 0.15) is 5.82 Å². The summed E-state index contributed by atoms with van der Waals surface area (Å²) >= 11 is 0. The summed E-state index contributed by atoms with van der Waals surface area (Å²) < 4.78 is 10.7. The molecule has 4 rings (SSSR count). The van der Waals surface area contributed by atoms with E-state index in [0.717, 1.165) is 43.0 Å². The van der Waals surface area contributed by atoms with Gasteiger partial charge in [0.15, 0.2) is 0 Å². The van der Waals surface area contributed by atoms with E-state index in [1.807, 2.05) is 36.5 Å². The number of rotatable bonds is 8. The number of nitrogens with zero attached hydrogens (tertiary/aromatic N) is 5. The molecule has 1 unspecified atom stereocenters. The number of hydrogen-bond acceptors (Lipinski definition) is 8. The van der Waals surface area contributed by atoms with E-state index in [0.29, 0.717) is 24.9 Å². The van der Waals surface area contributed by atoms with Gasteiger partial charge in [-0.05, 0) is 43.7 Å². The molecule has 8 heteroatoms. The molecule has 1 N–H and O–H groups in total. The van der Waals surface area contributed by atoms with E-state index in [2.05, 4.69) is 30.3 Å². The van der Waals surface area contributed by atoms with Gasteiger partial charge in [0, 0.05) is 38.2 Å². The molecule has 1 atom stereocenters. The van der Waals surface area contributed by atoms with Gasteiger partial charge in [-0.2, -0.15) is 4.98 Å². The Morgan fingerprint density at radius 2 is 2.21 bits per heavy atom.